The van der Waals surface area contributed by atoms with Crippen molar-refractivity contribution >= 4 is 40.9 Å². The van der Waals surface area contributed by atoms with Crippen molar-refractivity contribution in [2.45, 2.75) is 55.2 Å². The van der Waals surface area contributed by atoms with E-state index in [1.54, 1.807) is 11.8 Å². The van der Waals surface area contributed by atoms with Crippen LogP contribution in [0.1, 0.15) is 54.0 Å². The van der Waals surface area contributed by atoms with E-state index in [2.05, 4.69) is 24.0 Å². The summed E-state index contributed by atoms with van der Waals surface area (Å²) in [5.41, 5.74) is 2.40. The summed E-state index contributed by atoms with van der Waals surface area (Å²) in [6, 6.07) is 8.32. The zero-order valence-electron chi connectivity index (χ0n) is 19.4. The van der Waals surface area contributed by atoms with Crippen LogP contribution in [0.5, 0.6) is 0 Å². The number of carbonyl (C=O) groups excluding carboxylic acids is 2. The molecule has 2 aromatic rings. The van der Waals surface area contributed by atoms with Crippen molar-refractivity contribution in [1.82, 2.24) is 9.88 Å². The van der Waals surface area contributed by atoms with Gasteiger partial charge in [-0.3, -0.25) is 24.1 Å². The number of thioether (sulfide) groups is 1. The van der Waals surface area contributed by atoms with Gasteiger partial charge in [0.25, 0.3) is 0 Å². The van der Waals surface area contributed by atoms with Gasteiger partial charge in [0.2, 0.25) is 11.8 Å². The lowest BCUT2D eigenvalue weighted by Gasteiger charge is -2.43. The number of carboxylic acid groups (broad SMARTS) is 1. The monoisotopic (exact) mass is 512 g/mol. The molecule has 7 nitrogen and oxygen atoms in total. The maximum Gasteiger partial charge on any atom is 0.305 e. The molecule has 0 spiro atoms. The third-order valence-electron chi connectivity index (χ3n) is 8.61. The van der Waals surface area contributed by atoms with E-state index in [1.807, 2.05) is 12.1 Å². The van der Waals surface area contributed by atoms with Crippen molar-refractivity contribution in [3.05, 3.63) is 49.9 Å². The van der Waals surface area contributed by atoms with Crippen LogP contribution in [-0.4, -0.2) is 44.6 Å². The molecule has 1 aromatic carbocycles. The molecule has 0 radical (unpaired) electrons. The number of hydrogen-bond acceptors (Lipinski definition) is 6. The molecule has 1 aromatic heterocycles. The van der Waals surface area contributed by atoms with Gasteiger partial charge in [-0.1, -0.05) is 42.0 Å². The predicted octanol–water partition coefficient (Wildman–Crippen LogP) is 3.86. The molecule has 35 heavy (non-hydrogen) atoms. The second-order valence-electron chi connectivity index (χ2n) is 10.3. The zero-order chi connectivity index (χ0) is 24.4. The van der Waals surface area contributed by atoms with Gasteiger partial charge in [0.05, 0.1) is 16.9 Å². The summed E-state index contributed by atoms with van der Waals surface area (Å²) in [6.07, 6.45) is 2.90. The van der Waals surface area contributed by atoms with Crippen LogP contribution in [0.15, 0.2) is 34.1 Å². The van der Waals surface area contributed by atoms with E-state index in [0.717, 1.165) is 16.3 Å². The van der Waals surface area contributed by atoms with Crippen LogP contribution in [-0.2, 0) is 14.4 Å². The van der Waals surface area contributed by atoms with Gasteiger partial charge in [-0.15, -0.1) is 11.8 Å². The number of nitrogens with zero attached hydrogens (tertiary/aromatic N) is 1. The lowest BCUT2D eigenvalue weighted by molar-refractivity contribution is -0.141. The van der Waals surface area contributed by atoms with Crippen molar-refractivity contribution in [2.24, 2.45) is 29.6 Å². The van der Waals surface area contributed by atoms with Crippen LogP contribution in [0.3, 0.4) is 0 Å². The third kappa shape index (κ3) is 3.53. The quantitative estimate of drug-likeness (QED) is 0.431. The number of nitrogens with one attached hydrogen (secondary N) is 1. The lowest BCUT2D eigenvalue weighted by atomic mass is 9.67. The number of likely N-dealkylation sites (tertiary alicyclic amines) is 1. The molecule has 1 saturated heterocycles. The average molecular weight is 513 g/mol. The average Bonchev–Trinajstić information content (AvgIpc) is 3.54. The van der Waals surface area contributed by atoms with Crippen molar-refractivity contribution in [3.63, 3.8) is 0 Å². The normalized spacial score (nSPS) is 32.6. The van der Waals surface area contributed by atoms with E-state index in [1.165, 1.54) is 27.4 Å². The largest absolute Gasteiger partial charge is 0.481 e. The second-order valence-corrected chi connectivity index (χ2v) is 12.6. The molecule has 9 heteroatoms. The third-order valence-corrected chi connectivity index (χ3v) is 11.2. The molecule has 6 unspecified atom stereocenters. The fourth-order valence-corrected chi connectivity index (χ4v) is 10.2. The number of carbonyl (C=O) groups is 3. The number of carboxylic acids is 1. The predicted molar refractivity (Wildman–Crippen MR) is 132 cm³/mol. The van der Waals surface area contributed by atoms with Crippen molar-refractivity contribution in [2.75, 3.05) is 6.54 Å². The topological polar surface area (TPSA) is 108 Å². The molecule has 3 fully saturated rings. The first-order chi connectivity index (χ1) is 16.9. The Labute approximate surface area is 211 Å². The Morgan fingerprint density at radius 1 is 1.09 bits per heavy atom. The number of aromatic amines is 1. The van der Waals surface area contributed by atoms with E-state index in [9.17, 15) is 19.2 Å². The zero-order valence-corrected chi connectivity index (χ0v) is 21.1. The van der Waals surface area contributed by atoms with E-state index in [-0.39, 0.29) is 63.9 Å². The number of hydrogen-bond donors (Lipinski definition) is 2. The number of aliphatic carboxylic acids is 1. The van der Waals surface area contributed by atoms with Gasteiger partial charge in [0, 0.05) is 29.0 Å². The molecule has 2 bridgehead atoms. The number of amides is 2. The van der Waals surface area contributed by atoms with Crippen LogP contribution in [0.4, 0.5) is 0 Å². The highest BCUT2D eigenvalue weighted by atomic mass is 32.2. The number of unbranched alkanes of at least 4 members (excludes halogenated alkanes) is 2. The molecule has 6 rings (SSSR count). The smallest absolute Gasteiger partial charge is 0.305 e. The summed E-state index contributed by atoms with van der Waals surface area (Å²) in [4.78, 5) is 55.6. The van der Waals surface area contributed by atoms with Gasteiger partial charge in [-0.25, -0.2) is 0 Å². The Morgan fingerprint density at radius 3 is 2.57 bits per heavy atom. The summed E-state index contributed by atoms with van der Waals surface area (Å²) < 4.78 is 0. The van der Waals surface area contributed by atoms with E-state index >= 15 is 0 Å². The van der Waals surface area contributed by atoms with Crippen LogP contribution >= 0.6 is 23.1 Å². The highest BCUT2D eigenvalue weighted by Crippen LogP contribution is 2.68. The first-order valence-electron chi connectivity index (χ1n) is 12.4. The van der Waals surface area contributed by atoms with Crippen molar-refractivity contribution < 1.29 is 19.5 Å². The Hall–Kier alpha value is -2.39. The molecule has 2 amide bonds. The number of aryl methyl sites for hydroxylation is 1. The number of rotatable bonds is 7. The van der Waals surface area contributed by atoms with Crippen molar-refractivity contribution in [3.8, 4) is 0 Å². The number of fused-ring (bicyclic) bond motifs is 9. The molecule has 2 aliphatic carbocycles. The number of imide groups is 1. The van der Waals surface area contributed by atoms with Gasteiger partial charge in [0.1, 0.15) is 0 Å². The van der Waals surface area contributed by atoms with Crippen molar-refractivity contribution in [1.29, 1.82) is 0 Å². The Balaban J connectivity index is 1.30. The van der Waals surface area contributed by atoms with Gasteiger partial charge in [-0.2, -0.15) is 0 Å². The number of thiazole rings is 1. The van der Waals surface area contributed by atoms with Crippen LogP contribution < -0.4 is 4.87 Å². The maximum atomic E-state index is 13.5. The fraction of sp³-hybridized carbons (Fsp3) is 0.538. The highest BCUT2D eigenvalue weighted by Gasteiger charge is 2.69. The summed E-state index contributed by atoms with van der Waals surface area (Å²) in [7, 11) is 0. The van der Waals surface area contributed by atoms with Crippen LogP contribution in [0.25, 0.3) is 0 Å². The summed E-state index contributed by atoms with van der Waals surface area (Å²) in [5, 5.41) is 9.97. The van der Waals surface area contributed by atoms with E-state index in [4.69, 9.17) is 5.11 Å². The summed E-state index contributed by atoms with van der Waals surface area (Å²) in [5.74, 6) is -0.872. The molecular weight excluding hydrogens is 484 g/mol. The minimum absolute atomic E-state index is 0.0363. The molecule has 184 valence electrons. The highest BCUT2D eigenvalue weighted by molar-refractivity contribution is 8.00. The SMILES string of the molecule is Cc1ccccc1[C@H]1c2sc(=O)[nH]c2SC2C3CC(C4C(=O)N(CCCCCC(=O)O)C(=O)C34)C21. The minimum Gasteiger partial charge on any atom is -0.481 e. The Bertz CT molecular complexity index is 1270. The first-order valence-corrected chi connectivity index (χ1v) is 14.1. The number of aromatic nitrogens is 1. The molecule has 2 aliphatic heterocycles. The van der Waals surface area contributed by atoms with Gasteiger partial charge in [0.15, 0.2) is 0 Å². The van der Waals surface area contributed by atoms with Crippen LogP contribution in [0, 0.1) is 36.5 Å². The van der Waals surface area contributed by atoms with E-state index < -0.39 is 5.97 Å². The van der Waals surface area contributed by atoms with E-state index in [0.29, 0.717) is 25.8 Å². The Kier molecular flexibility index (Phi) is 5.67. The van der Waals surface area contributed by atoms with Gasteiger partial charge >= 0.3 is 10.8 Å². The molecule has 3 heterocycles. The molecule has 4 aliphatic rings. The fourth-order valence-electron chi connectivity index (χ4n) is 7.31. The van der Waals surface area contributed by atoms with Gasteiger partial charge in [-0.05, 0) is 55.1 Å². The van der Waals surface area contributed by atoms with Crippen LogP contribution in [0.2, 0.25) is 0 Å². The first kappa shape index (κ1) is 23.0. The summed E-state index contributed by atoms with van der Waals surface area (Å²) >= 11 is 3.00. The standard InChI is InChI=1S/C26H28N2O5S2/c1-12-7-4-5-8-13(12)17-18-14-11-15(21(18)34-23-22(17)35-26(33)27-23)20-19(14)24(31)28(25(20)32)10-6-2-3-9-16(29)30/h4-5,7-8,14-15,17-21H,2-3,6,9-11H2,1H3,(H,27,33)(H,29,30)/t14?,15?,17-,18?,19?,20?,21?/m1/s1. The lowest BCUT2D eigenvalue weighted by Crippen LogP contribution is -2.42. The molecule has 2 saturated carbocycles. The summed E-state index contributed by atoms with van der Waals surface area (Å²) in [6.45, 7) is 2.49. The maximum absolute atomic E-state index is 13.5. The number of benzene rings is 1. The second kappa shape index (κ2) is 8.62. The number of H-pyrrole nitrogens is 1. The molecule has 7 atom stereocenters. The minimum atomic E-state index is -0.817. The molecular formula is C26H28N2O5S2. The molecule has 2 N–H and O–H groups in total. The Morgan fingerprint density at radius 2 is 1.83 bits per heavy atom. The van der Waals surface area contributed by atoms with Gasteiger partial charge < -0.3 is 10.1 Å².